The Bertz CT molecular complexity index is 1010. The van der Waals surface area contributed by atoms with E-state index in [2.05, 4.69) is 109 Å². The van der Waals surface area contributed by atoms with Crippen LogP contribution in [0.2, 0.25) is 0 Å². The molecular weight excluding hydrogens is 314 g/mol. The quantitative estimate of drug-likeness (QED) is 0.545. The predicted molar refractivity (Wildman–Crippen MR) is 109 cm³/mol. The van der Waals surface area contributed by atoms with Gasteiger partial charge in [-0.1, -0.05) is 78.9 Å². The first kappa shape index (κ1) is 15.2. The lowest BCUT2D eigenvalue weighted by molar-refractivity contribution is 0.710. The minimum atomic E-state index is 0.382. The highest BCUT2D eigenvalue weighted by Crippen LogP contribution is 2.50. The van der Waals surface area contributed by atoms with Gasteiger partial charge in [-0.25, -0.2) is 0 Å². The highest BCUT2D eigenvalue weighted by atomic mass is 15.1. The maximum Gasteiger partial charge on any atom is 0.0407 e. The van der Waals surface area contributed by atoms with Crippen LogP contribution in [-0.2, 0) is 0 Å². The second-order valence-electron chi connectivity index (χ2n) is 7.07. The van der Waals surface area contributed by atoms with Gasteiger partial charge >= 0.3 is 0 Å². The van der Waals surface area contributed by atoms with Gasteiger partial charge < -0.3 is 4.90 Å². The van der Waals surface area contributed by atoms with E-state index in [1.807, 2.05) is 0 Å². The van der Waals surface area contributed by atoms with Crippen LogP contribution in [-0.4, -0.2) is 7.05 Å². The molecule has 2 aliphatic carbocycles. The second kappa shape index (κ2) is 6.03. The Balaban J connectivity index is 1.62. The van der Waals surface area contributed by atoms with Crippen LogP contribution >= 0.6 is 0 Å². The average Bonchev–Trinajstić information content (AvgIpc) is 2.74. The standard InChI is InChI=1S/C25H21N/c1-26(18-9-3-2-4-10-18)19-15-16-24-22-13-6-5-11-20(22)21-12-7-8-14-23(21)25(24)17-19/h2-17,24-25H,1H3. The molecule has 0 spiro atoms. The molecule has 0 amide bonds. The minimum absolute atomic E-state index is 0.382. The maximum atomic E-state index is 2.44. The molecule has 0 radical (unpaired) electrons. The summed E-state index contributed by atoms with van der Waals surface area (Å²) < 4.78 is 0. The molecule has 1 nitrogen and oxygen atoms in total. The fourth-order valence-electron chi connectivity index (χ4n) is 4.34. The lowest BCUT2D eigenvalue weighted by Gasteiger charge is -2.36. The van der Waals surface area contributed by atoms with Crippen LogP contribution in [0.5, 0.6) is 0 Å². The molecule has 0 heterocycles. The number of allylic oxidation sites excluding steroid dienone is 3. The van der Waals surface area contributed by atoms with Gasteiger partial charge in [-0.05, 0) is 40.5 Å². The van der Waals surface area contributed by atoms with E-state index < -0.39 is 0 Å². The van der Waals surface area contributed by atoms with Gasteiger partial charge in [0.2, 0.25) is 0 Å². The Hall–Kier alpha value is -3.06. The zero-order valence-electron chi connectivity index (χ0n) is 14.8. The van der Waals surface area contributed by atoms with Crippen molar-refractivity contribution in [3.8, 4) is 11.1 Å². The third-order valence-corrected chi connectivity index (χ3v) is 5.67. The van der Waals surface area contributed by atoms with Gasteiger partial charge in [0.15, 0.2) is 0 Å². The van der Waals surface area contributed by atoms with Crippen molar-refractivity contribution >= 4 is 5.69 Å². The van der Waals surface area contributed by atoms with Crippen LogP contribution in [0.4, 0.5) is 5.69 Å². The number of likely N-dealkylation sites (N-methyl/N-ethyl adjacent to an activating group) is 1. The van der Waals surface area contributed by atoms with Crippen LogP contribution in [0.15, 0.2) is 103 Å². The van der Waals surface area contributed by atoms with Crippen molar-refractivity contribution in [2.45, 2.75) is 11.8 Å². The topological polar surface area (TPSA) is 3.24 Å². The Kier molecular flexibility index (Phi) is 3.53. The molecule has 0 aliphatic heterocycles. The van der Waals surface area contributed by atoms with Crippen molar-refractivity contribution < 1.29 is 0 Å². The summed E-state index contributed by atoms with van der Waals surface area (Å²) in [7, 11) is 2.15. The predicted octanol–water partition coefficient (Wildman–Crippen LogP) is 6.12. The van der Waals surface area contributed by atoms with Crippen LogP contribution in [0.25, 0.3) is 11.1 Å². The zero-order valence-corrected chi connectivity index (χ0v) is 14.8. The van der Waals surface area contributed by atoms with Gasteiger partial charge in [-0.2, -0.15) is 0 Å². The van der Waals surface area contributed by atoms with E-state index in [4.69, 9.17) is 0 Å². The number of benzene rings is 3. The summed E-state index contributed by atoms with van der Waals surface area (Å²) in [4.78, 5) is 2.27. The van der Waals surface area contributed by atoms with Gasteiger partial charge in [0, 0.05) is 30.3 Å². The fourth-order valence-corrected chi connectivity index (χ4v) is 4.34. The third-order valence-electron chi connectivity index (χ3n) is 5.67. The summed E-state index contributed by atoms with van der Waals surface area (Å²) in [5, 5.41) is 0. The van der Waals surface area contributed by atoms with E-state index in [-0.39, 0.29) is 0 Å². The molecule has 0 bridgehead atoms. The Labute approximate surface area is 154 Å². The molecule has 126 valence electrons. The molecule has 3 aromatic carbocycles. The third kappa shape index (κ3) is 2.32. The molecular formula is C25H21N. The molecule has 2 unspecified atom stereocenters. The number of hydrogen-bond donors (Lipinski definition) is 0. The lowest BCUT2D eigenvalue weighted by Crippen LogP contribution is -2.22. The average molecular weight is 335 g/mol. The molecule has 26 heavy (non-hydrogen) atoms. The van der Waals surface area contributed by atoms with Crippen molar-refractivity contribution in [2.75, 3.05) is 11.9 Å². The molecule has 2 aliphatic rings. The molecule has 0 aromatic heterocycles. The van der Waals surface area contributed by atoms with Crippen molar-refractivity contribution in [3.05, 3.63) is 114 Å². The second-order valence-corrected chi connectivity index (χ2v) is 7.07. The molecule has 0 fully saturated rings. The van der Waals surface area contributed by atoms with Crippen LogP contribution in [0.1, 0.15) is 23.0 Å². The van der Waals surface area contributed by atoms with Gasteiger partial charge in [0.25, 0.3) is 0 Å². The first-order chi connectivity index (χ1) is 12.8. The molecule has 0 saturated heterocycles. The van der Waals surface area contributed by atoms with Crippen molar-refractivity contribution in [2.24, 2.45) is 0 Å². The number of nitrogens with zero attached hydrogens (tertiary/aromatic N) is 1. The molecule has 0 N–H and O–H groups in total. The number of fused-ring (bicyclic) bond motifs is 6. The monoisotopic (exact) mass is 335 g/mol. The summed E-state index contributed by atoms with van der Waals surface area (Å²) in [5.41, 5.74) is 8.09. The Morgan fingerprint density at radius 2 is 1.23 bits per heavy atom. The summed E-state index contributed by atoms with van der Waals surface area (Å²) in [6.07, 6.45) is 7.10. The van der Waals surface area contributed by atoms with E-state index in [1.54, 1.807) is 0 Å². The van der Waals surface area contributed by atoms with Crippen LogP contribution < -0.4 is 4.90 Å². The SMILES string of the molecule is CN(C1=CC2c3ccccc3-c3ccccc3C2C=C1)c1ccccc1. The van der Waals surface area contributed by atoms with Gasteiger partial charge in [0.05, 0.1) is 0 Å². The van der Waals surface area contributed by atoms with Crippen molar-refractivity contribution in [1.82, 2.24) is 0 Å². The van der Waals surface area contributed by atoms with E-state index in [0.717, 1.165) is 0 Å². The lowest BCUT2D eigenvalue weighted by atomic mass is 9.69. The van der Waals surface area contributed by atoms with Crippen LogP contribution in [0, 0.1) is 0 Å². The van der Waals surface area contributed by atoms with E-state index in [9.17, 15) is 0 Å². The number of anilines is 1. The summed E-state index contributed by atoms with van der Waals surface area (Å²) in [6, 6.07) is 28.3. The normalized spacial score (nSPS) is 19.8. The molecule has 5 rings (SSSR count). The molecule has 1 heteroatoms. The first-order valence-electron chi connectivity index (χ1n) is 9.20. The number of hydrogen-bond acceptors (Lipinski definition) is 1. The largest absolute Gasteiger partial charge is 0.345 e. The van der Waals surface area contributed by atoms with Crippen molar-refractivity contribution in [1.29, 1.82) is 0 Å². The van der Waals surface area contributed by atoms with Gasteiger partial charge in [-0.15, -0.1) is 0 Å². The summed E-state index contributed by atoms with van der Waals surface area (Å²) in [6.45, 7) is 0. The first-order valence-corrected chi connectivity index (χ1v) is 9.20. The van der Waals surface area contributed by atoms with Gasteiger partial charge in [0.1, 0.15) is 0 Å². The summed E-state index contributed by atoms with van der Waals surface area (Å²) in [5.74, 6) is 0.793. The minimum Gasteiger partial charge on any atom is -0.345 e. The van der Waals surface area contributed by atoms with Crippen LogP contribution in [0.3, 0.4) is 0 Å². The highest BCUT2D eigenvalue weighted by molar-refractivity contribution is 5.77. The molecule has 2 atom stereocenters. The van der Waals surface area contributed by atoms with E-state index in [1.165, 1.54) is 33.6 Å². The fraction of sp³-hybridized carbons (Fsp3) is 0.120. The van der Waals surface area contributed by atoms with E-state index in [0.29, 0.717) is 11.8 Å². The maximum absolute atomic E-state index is 2.44. The Morgan fingerprint density at radius 1 is 0.654 bits per heavy atom. The van der Waals surface area contributed by atoms with Gasteiger partial charge in [-0.3, -0.25) is 0 Å². The summed E-state index contributed by atoms with van der Waals surface area (Å²) >= 11 is 0. The molecule has 0 saturated carbocycles. The van der Waals surface area contributed by atoms with Crippen molar-refractivity contribution in [3.63, 3.8) is 0 Å². The van der Waals surface area contributed by atoms with E-state index >= 15 is 0 Å². The number of rotatable bonds is 2. The zero-order chi connectivity index (χ0) is 17.5. The smallest absolute Gasteiger partial charge is 0.0407 e. The number of para-hydroxylation sites is 1. The highest BCUT2D eigenvalue weighted by Gasteiger charge is 2.32. The molecule has 3 aromatic rings. The Morgan fingerprint density at radius 3 is 1.92 bits per heavy atom.